The van der Waals surface area contributed by atoms with Gasteiger partial charge in [0.25, 0.3) is 0 Å². The molecule has 0 aliphatic rings. The molecule has 2 aromatic carbocycles. The summed E-state index contributed by atoms with van der Waals surface area (Å²) >= 11 is 0. The number of methoxy groups -OCH3 is 1. The molecular weight excluding hydrogens is 308 g/mol. The number of ether oxygens (including phenoxy) is 1. The third-order valence-corrected chi connectivity index (χ3v) is 3.86. The monoisotopic (exact) mass is 326 g/mol. The number of benzene rings is 2. The van der Waals surface area contributed by atoms with Crippen LogP contribution in [0.4, 0.5) is 0 Å². The van der Waals surface area contributed by atoms with Crippen molar-refractivity contribution in [2.75, 3.05) is 7.11 Å². The fourth-order valence-corrected chi connectivity index (χ4v) is 2.81. The minimum Gasteiger partial charge on any atom is -0.504 e. The maximum atomic E-state index is 12.2. The van der Waals surface area contributed by atoms with Crippen molar-refractivity contribution in [1.82, 2.24) is 0 Å². The Morgan fingerprint density at radius 3 is 2.54 bits per heavy atom. The number of rotatable bonds is 4. The molecule has 124 valence electrons. The van der Waals surface area contributed by atoms with E-state index in [4.69, 9.17) is 9.15 Å². The first-order valence-corrected chi connectivity index (χ1v) is 7.61. The topological polar surface area (TPSA) is 79.9 Å². The predicted molar refractivity (Wildman–Crippen MR) is 91.5 cm³/mol. The maximum Gasteiger partial charge on any atom is 0.343 e. The second-order valence-electron chi connectivity index (χ2n) is 5.67. The molecule has 0 aliphatic carbocycles. The molecule has 0 saturated heterocycles. The van der Waals surface area contributed by atoms with E-state index in [9.17, 15) is 15.0 Å². The molecule has 0 fully saturated rings. The molecule has 2 N–H and O–H groups in total. The van der Waals surface area contributed by atoms with E-state index in [1.165, 1.54) is 13.2 Å². The van der Waals surface area contributed by atoms with E-state index >= 15 is 0 Å². The van der Waals surface area contributed by atoms with Crippen LogP contribution in [0.2, 0.25) is 0 Å². The molecule has 0 aliphatic heterocycles. The van der Waals surface area contributed by atoms with Gasteiger partial charge in [-0.3, -0.25) is 0 Å². The summed E-state index contributed by atoms with van der Waals surface area (Å²) in [6.45, 7) is 1.64. The highest BCUT2D eigenvalue weighted by Crippen LogP contribution is 2.36. The predicted octanol–water partition coefficient (Wildman–Crippen LogP) is 3.10. The highest BCUT2D eigenvalue weighted by Gasteiger charge is 2.18. The van der Waals surface area contributed by atoms with Crippen molar-refractivity contribution in [1.29, 1.82) is 0 Å². The van der Waals surface area contributed by atoms with Crippen molar-refractivity contribution in [2.24, 2.45) is 0 Å². The van der Waals surface area contributed by atoms with Crippen LogP contribution >= 0.6 is 0 Å². The van der Waals surface area contributed by atoms with Crippen LogP contribution in [0.1, 0.15) is 12.7 Å². The van der Waals surface area contributed by atoms with Gasteiger partial charge in [0.2, 0.25) is 0 Å². The van der Waals surface area contributed by atoms with Crippen molar-refractivity contribution in [3.63, 3.8) is 0 Å². The van der Waals surface area contributed by atoms with E-state index in [0.29, 0.717) is 22.5 Å². The first-order chi connectivity index (χ1) is 11.5. The van der Waals surface area contributed by atoms with Crippen LogP contribution in [-0.2, 0) is 6.42 Å². The fourth-order valence-electron chi connectivity index (χ4n) is 2.81. The number of hydrogen-bond acceptors (Lipinski definition) is 5. The average Bonchev–Trinajstić information content (AvgIpc) is 2.56. The van der Waals surface area contributed by atoms with Gasteiger partial charge >= 0.3 is 5.63 Å². The van der Waals surface area contributed by atoms with Crippen molar-refractivity contribution < 1.29 is 19.4 Å². The number of aliphatic hydroxyl groups excluding tert-OH is 1. The largest absolute Gasteiger partial charge is 0.504 e. The van der Waals surface area contributed by atoms with Crippen LogP contribution < -0.4 is 10.4 Å². The summed E-state index contributed by atoms with van der Waals surface area (Å²) in [5.74, 6) is 0.757. The maximum absolute atomic E-state index is 12.2. The van der Waals surface area contributed by atoms with E-state index < -0.39 is 11.7 Å². The van der Waals surface area contributed by atoms with E-state index in [-0.39, 0.29) is 12.2 Å². The van der Waals surface area contributed by atoms with Crippen LogP contribution in [0.5, 0.6) is 11.5 Å². The number of aliphatic hydroxyl groups is 1. The van der Waals surface area contributed by atoms with Crippen molar-refractivity contribution in [3.8, 4) is 22.6 Å². The summed E-state index contributed by atoms with van der Waals surface area (Å²) in [4.78, 5) is 12.2. The fraction of sp³-hybridized carbons (Fsp3) is 0.211. The quantitative estimate of drug-likeness (QED) is 0.770. The first-order valence-electron chi connectivity index (χ1n) is 7.61. The summed E-state index contributed by atoms with van der Waals surface area (Å²) in [5, 5.41) is 20.8. The number of aromatic hydroxyl groups is 1. The van der Waals surface area contributed by atoms with Gasteiger partial charge in [-0.1, -0.05) is 24.3 Å². The normalized spacial score (nSPS) is 12.3. The summed E-state index contributed by atoms with van der Waals surface area (Å²) in [5.41, 5.74) is 1.01. The van der Waals surface area contributed by atoms with Crippen LogP contribution in [0.15, 0.2) is 51.7 Å². The molecule has 5 heteroatoms. The minimum absolute atomic E-state index is 0.0278. The zero-order valence-corrected chi connectivity index (χ0v) is 13.4. The van der Waals surface area contributed by atoms with Crippen molar-refractivity contribution >= 4 is 10.8 Å². The van der Waals surface area contributed by atoms with E-state index in [0.717, 1.165) is 10.9 Å². The molecule has 0 amide bonds. The van der Waals surface area contributed by atoms with Crippen LogP contribution in [0, 0.1) is 0 Å². The molecule has 0 spiro atoms. The Labute approximate surface area is 138 Å². The van der Waals surface area contributed by atoms with Crippen LogP contribution in [0.25, 0.3) is 21.9 Å². The third-order valence-electron chi connectivity index (χ3n) is 3.86. The molecule has 24 heavy (non-hydrogen) atoms. The lowest BCUT2D eigenvalue weighted by Crippen LogP contribution is -2.11. The molecule has 1 unspecified atom stereocenters. The molecule has 1 atom stereocenters. The number of phenols is 1. The zero-order valence-electron chi connectivity index (χ0n) is 13.4. The van der Waals surface area contributed by atoms with Gasteiger partial charge < -0.3 is 19.4 Å². The van der Waals surface area contributed by atoms with Gasteiger partial charge in [-0.2, -0.15) is 0 Å². The third kappa shape index (κ3) is 2.86. The van der Waals surface area contributed by atoms with Gasteiger partial charge in [-0.15, -0.1) is 0 Å². The van der Waals surface area contributed by atoms with Gasteiger partial charge in [0.15, 0.2) is 11.5 Å². The van der Waals surface area contributed by atoms with E-state index in [2.05, 4.69) is 0 Å². The zero-order chi connectivity index (χ0) is 17.3. The first kappa shape index (κ1) is 16.1. The molecular formula is C19H18O5. The summed E-state index contributed by atoms with van der Waals surface area (Å²) in [6.07, 6.45) is -0.453. The second-order valence-corrected chi connectivity index (χ2v) is 5.67. The highest BCUT2D eigenvalue weighted by molar-refractivity contribution is 5.97. The number of phenolic OH excluding ortho intramolecular Hbond substituents is 1. The summed E-state index contributed by atoms with van der Waals surface area (Å²) in [7, 11) is 1.47. The summed E-state index contributed by atoms with van der Waals surface area (Å²) in [6, 6.07) is 12.1. The Bertz CT molecular complexity index is 940. The van der Waals surface area contributed by atoms with Crippen molar-refractivity contribution in [2.45, 2.75) is 19.4 Å². The minimum atomic E-state index is -0.660. The van der Waals surface area contributed by atoms with Gasteiger partial charge in [-0.05, 0) is 30.7 Å². The highest BCUT2D eigenvalue weighted by atomic mass is 16.5. The molecule has 3 aromatic rings. The molecule has 1 heterocycles. The SMILES string of the molecule is COc1cc(-c2c(CC(C)O)oc(=O)c3ccccc23)ccc1O. The van der Waals surface area contributed by atoms with Gasteiger partial charge in [-0.25, -0.2) is 4.79 Å². The lowest BCUT2D eigenvalue weighted by Gasteiger charge is -2.14. The summed E-state index contributed by atoms with van der Waals surface area (Å²) < 4.78 is 10.6. The Hall–Kier alpha value is -2.79. The molecule has 0 bridgehead atoms. The lowest BCUT2D eigenvalue weighted by atomic mass is 9.96. The molecule has 0 saturated carbocycles. The number of hydrogen-bond donors (Lipinski definition) is 2. The van der Waals surface area contributed by atoms with Crippen LogP contribution in [0.3, 0.4) is 0 Å². The Kier molecular flexibility index (Phi) is 4.27. The van der Waals surface area contributed by atoms with Crippen LogP contribution in [-0.4, -0.2) is 23.4 Å². The molecule has 5 nitrogen and oxygen atoms in total. The Morgan fingerprint density at radius 2 is 1.88 bits per heavy atom. The average molecular weight is 326 g/mol. The van der Waals surface area contributed by atoms with E-state index in [1.807, 2.05) is 12.1 Å². The molecule has 3 rings (SSSR count). The smallest absolute Gasteiger partial charge is 0.343 e. The van der Waals surface area contributed by atoms with Gasteiger partial charge in [0.05, 0.1) is 18.6 Å². The second kappa shape index (κ2) is 6.37. The van der Waals surface area contributed by atoms with Crippen molar-refractivity contribution in [3.05, 3.63) is 58.6 Å². The molecule has 0 radical (unpaired) electrons. The molecule has 1 aromatic heterocycles. The van der Waals surface area contributed by atoms with Gasteiger partial charge in [0, 0.05) is 17.4 Å². The Balaban J connectivity index is 2.36. The Morgan fingerprint density at radius 1 is 1.17 bits per heavy atom. The lowest BCUT2D eigenvalue weighted by molar-refractivity contribution is 0.186. The van der Waals surface area contributed by atoms with Gasteiger partial charge in [0.1, 0.15) is 5.76 Å². The standard InChI is InChI=1S/C19H18O5/c1-11(20)9-17-18(12-7-8-15(21)16(10-12)23-2)13-5-3-4-6-14(13)19(22)24-17/h3-8,10-11,20-21H,9H2,1-2H3. The van der Waals surface area contributed by atoms with E-state index in [1.54, 1.807) is 31.2 Å². The number of fused-ring (bicyclic) bond motifs is 1.